The Balaban J connectivity index is 1.66. The van der Waals surface area contributed by atoms with Crippen molar-refractivity contribution in [1.82, 2.24) is 10.3 Å². The Bertz CT molecular complexity index is 1240. The summed E-state index contributed by atoms with van der Waals surface area (Å²) in [6.07, 6.45) is 0. The summed E-state index contributed by atoms with van der Waals surface area (Å²) in [6, 6.07) is 18.5. The molecule has 0 saturated carbocycles. The Hall–Kier alpha value is -4.00. The van der Waals surface area contributed by atoms with Crippen LogP contribution in [0.2, 0.25) is 0 Å². The monoisotopic (exact) mass is 405 g/mol. The van der Waals surface area contributed by atoms with Crippen molar-refractivity contribution in [2.75, 3.05) is 5.32 Å². The van der Waals surface area contributed by atoms with Crippen LogP contribution in [0.4, 0.5) is 14.5 Å². The molecule has 0 radical (unpaired) electrons. The number of aromatic nitrogens is 1. The molecule has 0 bridgehead atoms. The molecule has 150 valence electrons. The topological polar surface area (TPSA) is 74.0 Å². The number of carbonyl (C=O) groups excluding carboxylic acids is 2. The number of rotatable bonds is 5. The smallest absolute Gasteiger partial charge is 0.270 e. The second-order valence-corrected chi connectivity index (χ2v) is 6.66. The Morgan fingerprint density at radius 3 is 2.37 bits per heavy atom. The normalized spacial score (nSPS) is 10.7. The molecular formula is C23H17F2N3O2. The van der Waals surface area contributed by atoms with Crippen molar-refractivity contribution in [3.63, 3.8) is 0 Å². The number of hydrogen-bond donors (Lipinski definition) is 3. The minimum Gasteiger partial charge on any atom is -0.349 e. The summed E-state index contributed by atoms with van der Waals surface area (Å²) in [5.74, 6) is -1.94. The number of anilines is 1. The summed E-state index contributed by atoms with van der Waals surface area (Å²) in [5.41, 5.74) is 1.40. The molecule has 0 aliphatic rings. The maximum atomic E-state index is 13.8. The number of fused-ring (bicyclic) bond motifs is 1. The number of benzene rings is 3. The van der Waals surface area contributed by atoms with E-state index in [2.05, 4.69) is 15.6 Å². The number of halogens is 2. The first-order valence-electron chi connectivity index (χ1n) is 9.22. The molecule has 1 heterocycles. The molecule has 30 heavy (non-hydrogen) atoms. The van der Waals surface area contributed by atoms with Gasteiger partial charge in [0.25, 0.3) is 11.8 Å². The highest BCUT2D eigenvalue weighted by Crippen LogP contribution is 2.29. The standard InChI is InChI=1S/C23H17F2N3O2/c24-16-10-11-19-17(12-16)20(28-22(29)14-6-2-1-3-7-14)21(27-19)23(30)26-13-15-8-4-5-9-18(15)25/h1-12,27H,13H2,(H,26,30)(H,28,29). The van der Waals surface area contributed by atoms with E-state index in [4.69, 9.17) is 0 Å². The fourth-order valence-electron chi connectivity index (χ4n) is 3.15. The summed E-state index contributed by atoms with van der Waals surface area (Å²) in [6.45, 7) is -0.0404. The fourth-order valence-corrected chi connectivity index (χ4v) is 3.15. The van der Waals surface area contributed by atoms with Crippen molar-refractivity contribution in [3.8, 4) is 0 Å². The number of amides is 2. The molecule has 1 aromatic heterocycles. The van der Waals surface area contributed by atoms with Crippen LogP contribution < -0.4 is 10.6 Å². The molecule has 0 saturated heterocycles. The maximum absolute atomic E-state index is 13.8. The van der Waals surface area contributed by atoms with Crippen LogP contribution in [-0.4, -0.2) is 16.8 Å². The molecule has 3 N–H and O–H groups in total. The third-order valence-corrected chi connectivity index (χ3v) is 4.66. The van der Waals surface area contributed by atoms with Gasteiger partial charge in [0.15, 0.2) is 0 Å². The first-order valence-corrected chi connectivity index (χ1v) is 9.22. The van der Waals surface area contributed by atoms with Crippen LogP contribution in [0.25, 0.3) is 10.9 Å². The van der Waals surface area contributed by atoms with E-state index < -0.39 is 23.4 Å². The van der Waals surface area contributed by atoms with Gasteiger partial charge in [-0.25, -0.2) is 8.78 Å². The van der Waals surface area contributed by atoms with Gasteiger partial charge in [0.05, 0.1) is 5.69 Å². The number of H-pyrrole nitrogens is 1. The van der Waals surface area contributed by atoms with Crippen molar-refractivity contribution < 1.29 is 18.4 Å². The highest BCUT2D eigenvalue weighted by atomic mass is 19.1. The fraction of sp³-hybridized carbons (Fsp3) is 0.0435. The van der Waals surface area contributed by atoms with Crippen LogP contribution in [-0.2, 0) is 6.54 Å². The molecule has 0 aliphatic heterocycles. The van der Waals surface area contributed by atoms with E-state index in [9.17, 15) is 18.4 Å². The van der Waals surface area contributed by atoms with Gasteiger partial charge in [0, 0.05) is 28.6 Å². The summed E-state index contributed by atoms with van der Waals surface area (Å²) in [4.78, 5) is 28.4. The molecule has 5 nitrogen and oxygen atoms in total. The molecule has 0 fully saturated rings. The van der Waals surface area contributed by atoms with Crippen molar-refractivity contribution in [2.24, 2.45) is 0 Å². The second kappa shape index (κ2) is 8.16. The average Bonchev–Trinajstić information content (AvgIpc) is 3.11. The Kier molecular flexibility index (Phi) is 5.26. The van der Waals surface area contributed by atoms with Gasteiger partial charge in [-0.1, -0.05) is 36.4 Å². The molecular weight excluding hydrogens is 388 g/mol. The second-order valence-electron chi connectivity index (χ2n) is 6.66. The molecule has 2 amide bonds. The van der Waals surface area contributed by atoms with E-state index >= 15 is 0 Å². The predicted molar refractivity (Wildman–Crippen MR) is 110 cm³/mol. The van der Waals surface area contributed by atoms with E-state index in [0.717, 1.165) is 0 Å². The summed E-state index contributed by atoms with van der Waals surface area (Å²) in [5, 5.41) is 5.68. The number of nitrogens with one attached hydrogen (secondary N) is 3. The zero-order valence-corrected chi connectivity index (χ0v) is 15.7. The quantitative estimate of drug-likeness (QED) is 0.453. The lowest BCUT2D eigenvalue weighted by molar-refractivity contribution is 0.0947. The lowest BCUT2D eigenvalue weighted by Crippen LogP contribution is -2.25. The summed E-state index contributed by atoms with van der Waals surface area (Å²) in [7, 11) is 0. The summed E-state index contributed by atoms with van der Waals surface area (Å²) >= 11 is 0. The average molecular weight is 405 g/mol. The largest absolute Gasteiger partial charge is 0.349 e. The van der Waals surface area contributed by atoms with E-state index in [1.807, 2.05) is 0 Å². The van der Waals surface area contributed by atoms with Gasteiger partial charge in [-0.05, 0) is 36.4 Å². The van der Waals surface area contributed by atoms with Crippen LogP contribution in [0.1, 0.15) is 26.4 Å². The summed E-state index contributed by atoms with van der Waals surface area (Å²) < 4.78 is 27.7. The molecule has 7 heteroatoms. The van der Waals surface area contributed by atoms with E-state index in [-0.39, 0.29) is 17.9 Å². The zero-order valence-electron chi connectivity index (χ0n) is 15.7. The molecule has 3 aromatic carbocycles. The Morgan fingerprint density at radius 1 is 0.867 bits per heavy atom. The lowest BCUT2D eigenvalue weighted by atomic mass is 10.1. The van der Waals surface area contributed by atoms with Crippen LogP contribution in [0.5, 0.6) is 0 Å². The third-order valence-electron chi connectivity index (χ3n) is 4.66. The van der Waals surface area contributed by atoms with Gasteiger partial charge in [-0.3, -0.25) is 9.59 Å². The van der Waals surface area contributed by atoms with Crippen molar-refractivity contribution in [1.29, 1.82) is 0 Å². The number of aromatic amines is 1. The molecule has 0 atom stereocenters. The van der Waals surface area contributed by atoms with Gasteiger partial charge in [0.2, 0.25) is 0 Å². The Labute approximate surface area is 170 Å². The Morgan fingerprint density at radius 2 is 1.60 bits per heavy atom. The van der Waals surface area contributed by atoms with Crippen LogP contribution in [0, 0.1) is 11.6 Å². The van der Waals surface area contributed by atoms with Crippen molar-refractivity contribution in [2.45, 2.75) is 6.54 Å². The van der Waals surface area contributed by atoms with Gasteiger partial charge in [0.1, 0.15) is 17.3 Å². The SMILES string of the molecule is O=C(Nc1c(C(=O)NCc2ccccc2F)[nH]c2ccc(F)cc12)c1ccccc1. The molecule has 0 spiro atoms. The van der Waals surface area contributed by atoms with Crippen molar-refractivity contribution in [3.05, 3.63) is 101 Å². The number of carbonyl (C=O) groups is 2. The van der Waals surface area contributed by atoms with E-state index in [0.29, 0.717) is 22.0 Å². The van der Waals surface area contributed by atoms with Crippen LogP contribution in [0.15, 0.2) is 72.8 Å². The van der Waals surface area contributed by atoms with E-state index in [1.54, 1.807) is 48.5 Å². The number of hydrogen-bond acceptors (Lipinski definition) is 2. The first-order chi connectivity index (χ1) is 14.5. The van der Waals surface area contributed by atoms with E-state index in [1.165, 1.54) is 24.3 Å². The minimum atomic E-state index is -0.557. The van der Waals surface area contributed by atoms with Gasteiger partial charge >= 0.3 is 0 Å². The van der Waals surface area contributed by atoms with Gasteiger partial charge in [-0.2, -0.15) is 0 Å². The first kappa shape index (κ1) is 19.3. The zero-order chi connectivity index (χ0) is 21.1. The minimum absolute atomic E-state index is 0.0404. The lowest BCUT2D eigenvalue weighted by Gasteiger charge is -2.09. The molecule has 0 aliphatic carbocycles. The molecule has 4 aromatic rings. The molecule has 0 unspecified atom stereocenters. The predicted octanol–water partition coefficient (Wildman–Crippen LogP) is 4.63. The third kappa shape index (κ3) is 3.91. The maximum Gasteiger partial charge on any atom is 0.270 e. The van der Waals surface area contributed by atoms with Crippen LogP contribution >= 0.6 is 0 Å². The molecule has 4 rings (SSSR count). The van der Waals surface area contributed by atoms with Crippen molar-refractivity contribution >= 4 is 28.4 Å². The highest BCUT2D eigenvalue weighted by Gasteiger charge is 2.21. The van der Waals surface area contributed by atoms with Gasteiger partial charge < -0.3 is 15.6 Å². The van der Waals surface area contributed by atoms with Crippen LogP contribution in [0.3, 0.4) is 0 Å². The van der Waals surface area contributed by atoms with Gasteiger partial charge in [-0.15, -0.1) is 0 Å². The highest BCUT2D eigenvalue weighted by molar-refractivity contribution is 6.15.